The van der Waals surface area contributed by atoms with E-state index in [1.54, 1.807) is 19.1 Å². The fourth-order valence-electron chi connectivity index (χ4n) is 1.55. The average Bonchev–Trinajstić information content (AvgIpc) is 2.17. The molecule has 2 N–H and O–H groups in total. The van der Waals surface area contributed by atoms with Crippen molar-refractivity contribution in [3.63, 3.8) is 0 Å². The number of amides is 4. The van der Waals surface area contributed by atoms with Crippen LogP contribution in [0.25, 0.3) is 0 Å². The fraction of sp³-hybridized carbons (Fsp3) is 0.500. The van der Waals surface area contributed by atoms with Crippen molar-refractivity contribution in [1.82, 2.24) is 10.6 Å². The first-order valence-corrected chi connectivity index (χ1v) is 4.85. The molecule has 6 heteroatoms. The number of nitrogens with one attached hydrogen (secondary N) is 2. The third-order valence-electron chi connectivity index (χ3n) is 2.63. The Balaban J connectivity index is 0.00000225. The summed E-state index contributed by atoms with van der Waals surface area (Å²) in [6.07, 6.45) is 4.19. The molecule has 0 aromatic heterocycles. The SMILES string of the molecule is CC=CCC1(CC)C(=O)NC(=O)NC1=O.[Pb]. The summed E-state index contributed by atoms with van der Waals surface area (Å²) in [5, 5.41) is 4.23. The molecule has 0 spiro atoms. The standard InChI is InChI=1S/C10H14N2O3.Pb/c1-3-5-6-10(4-2)7(13)11-9(15)12-8(10)14;/h3,5H,4,6H2,1-2H3,(H2,11,12,13,14,15);. The Morgan fingerprint density at radius 2 is 1.69 bits per heavy atom. The largest absolute Gasteiger partial charge is 0.328 e. The molecule has 1 heterocycles. The minimum Gasteiger partial charge on any atom is -0.277 e. The van der Waals surface area contributed by atoms with Gasteiger partial charge >= 0.3 is 6.03 Å². The first-order chi connectivity index (χ1) is 7.06. The van der Waals surface area contributed by atoms with E-state index < -0.39 is 23.3 Å². The van der Waals surface area contributed by atoms with Gasteiger partial charge in [-0.05, 0) is 19.8 Å². The molecule has 1 fully saturated rings. The molecule has 0 aromatic carbocycles. The number of rotatable bonds is 3. The molecule has 0 aliphatic carbocycles. The van der Waals surface area contributed by atoms with Gasteiger partial charge in [-0.2, -0.15) is 0 Å². The predicted molar refractivity (Wildman–Crippen MR) is 59.6 cm³/mol. The predicted octanol–water partition coefficient (Wildman–Crippen LogP) is 0.334. The van der Waals surface area contributed by atoms with E-state index in [0.29, 0.717) is 12.8 Å². The zero-order chi connectivity index (χ0) is 11.5. The number of allylic oxidation sites excluding steroid dienone is 2. The van der Waals surface area contributed by atoms with Crippen LogP contribution in [0.5, 0.6) is 0 Å². The van der Waals surface area contributed by atoms with Crippen LogP contribution in [0.2, 0.25) is 0 Å². The minimum absolute atomic E-state index is 0. The van der Waals surface area contributed by atoms with Crippen molar-refractivity contribution in [2.75, 3.05) is 0 Å². The third-order valence-corrected chi connectivity index (χ3v) is 2.63. The van der Waals surface area contributed by atoms with E-state index in [2.05, 4.69) is 10.6 Å². The summed E-state index contributed by atoms with van der Waals surface area (Å²) in [6, 6.07) is -0.741. The molecule has 5 nitrogen and oxygen atoms in total. The number of barbiturate groups is 1. The van der Waals surface area contributed by atoms with Gasteiger partial charge in [-0.25, -0.2) is 4.79 Å². The van der Waals surface area contributed by atoms with E-state index in [1.165, 1.54) is 0 Å². The molecule has 16 heavy (non-hydrogen) atoms. The van der Waals surface area contributed by atoms with Gasteiger partial charge in [0.2, 0.25) is 11.8 Å². The molecular weight excluding hydrogens is 403 g/mol. The van der Waals surface area contributed by atoms with Gasteiger partial charge in [-0.1, -0.05) is 19.1 Å². The van der Waals surface area contributed by atoms with Gasteiger partial charge in [-0.15, -0.1) is 0 Å². The van der Waals surface area contributed by atoms with E-state index in [0.717, 1.165) is 0 Å². The quantitative estimate of drug-likeness (QED) is 0.395. The van der Waals surface area contributed by atoms with E-state index >= 15 is 0 Å². The van der Waals surface area contributed by atoms with Crippen molar-refractivity contribution < 1.29 is 14.4 Å². The van der Waals surface area contributed by atoms with E-state index in [1.807, 2.05) is 6.92 Å². The number of hydrogen-bond acceptors (Lipinski definition) is 3. The molecule has 86 valence electrons. The number of carbonyl (C=O) groups excluding carboxylic acids is 3. The van der Waals surface area contributed by atoms with Gasteiger partial charge < -0.3 is 0 Å². The second-order valence-corrected chi connectivity index (χ2v) is 3.45. The molecule has 0 unspecified atom stereocenters. The van der Waals surface area contributed by atoms with Crippen molar-refractivity contribution in [2.24, 2.45) is 5.41 Å². The van der Waals surface area contributed by atoms with Gasteiger partial charge in [0.15, 0.2) is 0 Å². The second kappa shape index (κ2) is 6.12. The smallest absolute Gasteiger partial charge is 0.277 e. The monoisotopic (exact) mass is 418 g/mol. The van der Waals surface area contributed by atoms with Gasteiger partial charge in [0, 0.05) is 27.3 Å². The molecule has 1 saturated heterocycles. The summed E-state index contributed by atoms with van der Waals surface area (Å²) >= 11 is 0. The summed E-state index contributed by atoms with van der Waals surface area (Å²) in [5.41, 5.74) is -1.14. The van der Waals surface area contributed by atoms with Gasteiger partial charge in [0.05, 0.1) is 0 Å². The summed E-state index contributed by atoms with van der Waals surface area (Å²) in [4.78, 5) is 34.2. The summed E-state index contributed by atoms with van der Waals surface area (Å²) in [7, 11) is 0. The van der Waals surface area contributed by atoms with E-state index in [-0.39, 0.29) is 27.3 Å². The van der Waals surface area contributed by atoms with Crippen molar-refractivity contribution in [2.45, 2.75) is 26.7 Å². The van der Waals surface area contributed by atoms with Crippen LogP contribution in [0, 0.1) is 5.41 Å². The molecule has 0 saturated carbocycles. The van der Waals surface area contributed by atoms with Crippen LogP contribution in [0.3, 0.4) is 0 Å². The molecule has 1 aliphatic heterocycles. The van der Waals surface area contributed by atoms with Crippen LogP contribution in [0.4, 0.5) is 4.79 Å². The van der Waals surface area contributed by atoms with Crippen molar-refractivity contribution in [3.8, 4) is 0 Å². The third kappa shape index (κ3) is 2.69. The number of hydrogen-bond donors (Lipinski definition) is 2. The molecule has 4 amide bonds. The van der Waals surface area contributed by atoms with E-state index in [4.69, 9.17) is 0 Å². The molecule has 0 bridgehead atoms. The topological polar surface area (TPSA) is 75.3 Å². The Morgan fingerprint density at radius 3 is 2.06 bits per heavy atom. The summed E-state index contributed by atoms with van der Waals surface area (Å²) in [5.74, 6) is -1.03. The van der Waals surface area contributed by atoms with Crippen LogP contribution >= 0.6 is 0 Å². The van der Waals surface area contributed by atoms with Crippen molar-refractivity contribution in [1.29, 1.82) is 0 Å². The summed E-state index contributed by atoms with van der Waals surface area (Å²) in [6.45, 7) is 3.56. The number of carbonyl (C=O) groups is 3. The minimum atomic E-state index is -1.14. The fourth-order valence-corrected chi connectivity index (χ4v) is 1.55. The van der Waals surface area contributed by atoms with Crippen LogP contribution in [-0.4, -0.2) is 45.1 Å². The zero-order valence-electron chi connectivity index (χ0n) is 9.29. The number of imide groups is 2. The zero-order valence-corrected chi connectivity index (χ0v) is 13.2. The van der Waals surface area contributed by atoms with Crippen LogP contribution in [-0.2, 0) is 9.59 Å². The summed E-state index contributed by atoms with van der Waals surface area (Å²) < 4.78 is 0. The van der Waals surface area contributed by atoms with Crippen LogP contribution in [0.15, 0.2) is 12.2 Å². The first-order valence-electron chi connectivity index (χ1n) is 4.85. The first kappa shape index (κ1) is 15.3. The Bertz CT molecular complexity index is 319. The van der Waals surface area contributed by atoms with Crippen molar-refractivity contribution >= 4 is 45.1 Å². The molecular formula is C10H14N2O3Pb. The molecule has 4 radical (unpaired) electrons. The normalized spacial score (nSPS) is 19.0. The molecule has 0 aromatic rings. The second-order valence-electron chi connectivity index (χ2n) is 3.45. The Morgan fingerprint density at radius 1 is 1.19 bits per heavy atom. The van der Waals surface area contributed by atoms with Gasteiger partial charge in [0.25, 0.3) is 0 Å². The Kier molecular flexibility index (Phi) is 5.84. The molecule has 1 rings (SSSR count). The maximum absolute atomic E-state index is 11.6. The Labute approximate surface area is 114 Å². The molecule has 0 atom stereocenters. The maximum atomic E-state index is 11.6. The van der Waals surface area contributed by atoms with Crippen molar-refractivity contribution in [3.05, 3.63) is 12.2 Å². The van der Waals surface area contributed by atoms with Gasteiger partial charge in [-0.3, -0.25) is 20.2 Å². The number of urea groups is 1. The maximum Gasteiger partial charge on any atom is 0.328 e. The van der Waals surface area contributed by atoms with Crippen LogP contribution < -0.4 is 10.6 Å². The average molecular weight is 417 g/mol. The van der Waals surface area contributed by atoms with Gasteiger partial charge in [0.1, 0.15) is 5.41 Å². The van der Waals surface area contributed by atoms with Crippen LogP contribution in [0.1, 0.15) is 26.7 Å². The molecule has 1 aliphatic rings. The van der Waals surface area contributed by atoms with E-state index in [9.17, 15) is 14.4 Å². The Hall–Kier alpha value is -0.728.